The number of fused-ring (bicyclic) bond motifs is 1. The summed E-state index contributed by atoms with van der Waals surface area (Å²) in [6, 6.07) is 9.93. The Morgan fingerprint density at radius 3 is 2.91 bits per heavy atom. The third-order valence-electron chi connectivity index (χ3n) is 4.00. The molecule has 5 heteroatoms. The molecule has 1 aromatic carbocycles. The number of anilines is 2. The zero-order chi connectivity index (χ0) is 16.4. The molecule has 0 radical (unpaired) electrons. The van der Waals surface area contributed by atoms with Crippen molar-refractivity contribution in [2.45, 2.75) is 33.2 Å². The average molecular weight is 310 g/mol. The van der Waals surface area contributed by atoms with E-state index in [0.717, 1.165) is 18.7 Å². The first kappa shape index (κ1) is 15.5. The van der Waals surface area contributed by atoms with Crippen molar-refractivity contribution in [3.63, 3.8) is 0 Å². The second kappa shape index (κ2) is 6.36. The van der Waals surface area contributed by atoms with Gasteiger partial charge in [0, 0.05) is 24.3 Å². The number of nitrogens with zero attached hydrogens (tertiary/aromatic N) is 3. The SMILES string of the molecule is CC(C)CNc1cc(C(=O)N2c3ccccc3CC2C)ncn1. The van der Waals surface area contributed by atoms with Crippen molar-refractivity contribution in [2.75, 3.05) is 16.8 Å². The van der Waals surface area contributed by atoms with Gasteiger partial charge in [0.25, 0.3) is 5.91 Å². The van der Waals surface area contributed by atoms with E-state index in [2.05, 4.69) is 42.1 Å². The zero-order valence-electron chi connectivity index (χ0n) is 13.8. The van der Waals surface area contributed by atoms with Gasteiger partial charge in [-0.05, 0) is 30.9 Å². The lowest BCUT2D eigenvalue weighted by Crippen LogP contribution is -2.36. The van der Waals surface area contributed by atoms with Crippen LogP contribution in [0, 0.1) is 5.92 Å². The molecule has 1 amide bonds. The van der Waals surface area contributed by atoms with Crippen molar-refractivity contribution in [1.29, 1.82) is 0 Å². The van der Waals surface area contributed by atoms with Crippen LogP contribution in [0.2, 0.25) is 0 Å². The van der Waals surface area contributed by atoms with Crippen molar-refractivity contribution in [2.24, 2.45) is 5.92 Å². The molecular weight excluding hydrogens is 288 g/mol. The maximum Gasteiger partial charge on any atom is 0.277 e. The fourth-order valence-electron chi connectivity index (χ4n) is 2.88. The minimum atomic E-state index is -0.0718. The summed E-state index contributed by atoms with van der Waals surface area (Å²) in [5.41, 5.74) is 2.62. The van der Waals surface area contributed by atoms with Gasteiger partial charge in [-0.1, -0.05) is 32.0 Å². The second-order valence-corrected chi connectivity index (χ2v) is 6.42. The van der Waals surface area contributed by atoms with Gasteiger partial charge in [0.15, 0.2) is 0 Å². The molecule has 1 unspecified atom stereocenters. The molecule has 1 aliphatic heterocycles. The van der Waals surface area contributed by atoms with Gasteiger partial charge in [-0.2, -0.15) is 0 Å². The largest absolute Gasteiger partial charge is 0.370 e. The number of hydrogen-bond acceptors (Lipinski definition) is 4. The number of para-hydroxylation sites is 1. The Balaban J connectivity index is 1.85. The van der Waals surface area contributed by atoms with Crippen molar-refractivity contribution < 1.29 is 4.79 Å². The van der Waals surface area contributed by atoms with Crippen LogP contribution in [0.5, 0.6) is 0 Å². The molecule has 0 saturated heterocycles. The van der Waals surface area contributed by atoms with Crippen molar-refractivity contribution in [3.8, 4) is 0 Å². The molecule has 0 bridgehead atoms. The predicted octanol–water partition coefficient (Wildman–Crippen LogP) is 3.14. The first-order valence-electron chi connectivity index (χ1n) is 8.03. The average Bonchev–Trinajstić information content (AvgIpc) is 2.88. The van der Waals surface area contributed by atoms with E-state index in [1.165, 1.54) is 11.9 Å². The van der Waals surface area contributed by atoms with Gasteiger partial charge < -0.3 is 10.2 Å². The van der Waals surface area contributed by atoms with Gasteiger partial charge in [-0.25, -0.2) is 9.97 Å². The summed E-state index contributed by atoms with van der Waals surface area (Å²) in [5, 5.41) is 3.24. The lowest BCUT2D eigenvalue weighted by molar-refractivity contribution is 0.0976. The van der Waals surface area contributed by atoms with Gasteiger partial charge in [-0.15, -0.1) is 0 Å². The molecule has 1 aliphatic rings. The number of amides is 1. The van der Waals surface area contributed by atoms with Gasteiger partial charge in [-0.3, -0.25) is 4.79 Å². The number of nitrogens with one attached hydrogen (secondary N) is 1. The van der Waals surface area contributed by atoms with Crippen molar-refractivity contribution in [3.05, 3.63) is 47.9 Å². The maximum absolute atomic E-state index is 12.9. The Hall–Kier alpha value is -2.43. The highest BCUT2D eigenvalue weighted by atomic mass is 16.2. The van der Waals surface area contributed by atoms with Crippen LogP contribution in [0.25, 0.3) is 0 Å². The summed E-state index contributed by atoms with van der Waals surface area (Å²) >= 11 is 0. The minimum Gasteiger partial charge on any atom is -0.370 e. The molecule has 1 N–H and O–H groups in total. The maximum atomic E-state index is 12.9. The summed E-state index contributed by atoms with van der Waals surface area (Å²) in [5.74, 6) is 1.13. The number of carbonyl (C=O) groups excluding carboxylic acids is 1. The van der Waals surface area contributed by atoms with E-state index in [1.807, 2.05) is 23.1 Å². The highest BCUT2D eigenvalue weighted by molar-refractivity contribution is 6.06. The van der Waals surface area contributed by atoms with Crippen LogP contribution in [0.1, 0.15) is 36.8 Å². The van der Waals surface area contributed by atoms with Gasteiger partial charge >= 0.3 is 0 Å². The molecule has 1 atom stereocenters. The molecule has 0 aliphatic carbocycles. The second-order valence-electron chi connectivity index (χ2n) is 6.42. The molecule has 0 spiro atoms. The van der Waals surface area contributed by atoms with Crippen LogP contribution in [0.3, 0.4) is 0 Å². The Morgan fingerprint density at radius 1 is 1.35 bits per heavy atom. The monoisotopic (exact) mass is 310 g/mol. The van der Waals surface area contributed by atoms with E-state index in [4.69, 9.17) is 0 Å². The van der Waals surface area contributed by atoms with Crippen LogP contribution < -0.4 is 10.2 Å². The fraction of sp³-hybridized carbons (Fsp3) is 0.389. The first-order valence-corrected chi connectivity index (χ1v) is 8.03. The summed E-state index contributed by atoms with van der Waals surface area (Å²) in [6.07, 6.45) is 2.33. The third kappa shape index (κ3) is 3.18. The topological polar surface area (TPSA) is 58.1 Å². The van der Waals surface area contributed by atoms with E-state index < -0.39 is 0 Å². The highest BCUT2D eigenvalue weighted by Gasteiger charge is 2.31. The molecule has 0 fully saturated rings. The van der Waals surface area contributed by atoms with Crippen LogP contribution >= 0.6 is 0 Å². The number of hydrogen-bond donors (Lipinski definition) is 1. The Morgan fingerprint density at radius 2 is 2.13 bits per heavy atom. The smallest absolute Gasteiger partial charge is 0.277 e. The van der Waals surface area contributed by atoms with Crippen molar-refractivity contribution in [1.82, 2.24) is 9.97 Å². The lowest BCUT2D eigenvalue weighted by atomic mass is 10.1. The summed E-state index contributed by atoms with van der Waals surface area (Å²) in [7, 11) is 0. The van der Waals surface area contributed by atoms with Crippen LogP contribution in [-0.4, -0.2) is 28.5 Å². The Bertz CT molecular complexity index is 714. The highest BCUT2D eigenvalue weighted by Crippen LogP contribution is 2.32. The lowest BCUT2D eigenvalue weighted by Gasteiger charge is -2.22. The molecule has 2 aromatic rings. The van der Waals surface area contributed by atoms with E-state index in [-0.39, 0.29) is 11.9 Å². The summed E-state index contributed by atoms with van der Waals surface area (Å²) in [6.45, 7) is 7.14. The molecule has 120 valence electrons. The number of carbonyl (C=O) groups is 1. The molecule has 0 saturated carbocycles. The van der Waals surface area contributed by atoms with E-state index in [0.29, 0.717) is 17.4 Å². The normalized spacial score (nSPS) is 16.5. The summed E-state index contributed by atoms with van der Waals surface area (Å²) in [4.78, 5) is 23.1. The van der Waals surface area contributed by atoms with Crippen LogP contribution in [0.15, 0.2) is 36.7 Å². The van der Waals surface area contributed by atoms with Crippen molar-refractivity contribution >= 4 is 17.4 Å². The van der Waals surface area contributed by atoms with Gasteiger partial charge in [0.2, 0.25) is 0 Å². The Labute approximate surface area is 136 Å². The number of rotatable bonds is 4. The molecule has 3 rings (SSSR count). The van der Waals surface area contributed by atoms with Gasteiger partial charge in [0.05, 0.1) is 0 Å². The summed E-state index contributed by atoms with van der Waals surface area (Å²) < 4.78 is 0. The zero-order valence-corrected chi connectivity index (χ0v) is 13.8. The molecule has 2 heterocycles. The Kier molecular flexibility index (Phi) is 4.28. The van der Waals surface area contributed by atoms with E-state index in [9.17, 15) is 4.79 Å². The third-order valence-corrected chi connectivity index (χ3v) is 4.00. The first-order chi connectivity index (χ1) is 11.1. The number of benzene rings is 1. The van der Waals surface area contributed by atoms with Crippen LogP contribution in [-0.2, 0) is 6.42 Å². The predicted molar refractivity (Wildman–Crippen MR) is 91.8 cm³/mol. The quantitative estimate of drug-likeness (QED) is 0.942. The number of aromatic nitrogens is 2. The molecule has 5 nitrogen and oxygen atoms in total. The van der Waals surface area contributed by atoms with E-state index >= 15 is 0 Å². The van der Waals surface area contributed by atoms with E-state index in [1.54, 1.807) is 6.07 Å². The minimum absolute atomic E-state index is 0.0718. The fourth-order valence-corrected chi connectivity index (χ4v) is 2.88. The molecule has 1 aromatic heterocycles. The standard InChI is InChI=1S/C18H22N4O/c1-12(2)10-19-17-9-15(20-11-21-17)18(23)22-13(3)8-14-6-4-5-7-16(14)22/h4-7,9,11-13H,8,10H2,1-3H3,(H,19,20,21). The van der Waals surface area contributed by atoms with Crippen LogP contribution in [0.4, 0.5) is 11.5 Å². The van der Waals surface area contributed by atoms with Gasteiger partial charge in [0.1, 0.15) is 17.8 Å². The molecular formula is C18H22N4O. The molecule has 23 heavy (non-hydrogen) atoms.